The van der Waals surface area contributed by atoms with Crippen molar-refractivity contribution < 1.29 is 4.74 Å². The first-order valence-corrected chi connectivity index (χ1v) is 7.92. The van der Waals surface area contributed by atoms with Gasteiger partial charge in [0.2, 0.25) is 0 Å². The number of methoxy groups -OCH3 is 1. The van der Waals surface area contributed by atoms with E-state index < -0.39 is 0 Å². The first-order chi connectivity index (χ1) is 9.84. The zero-order valence-corrected chi connectivity index (χ0v) is 12.5. The summed E-state index contributed by atoms with van der Waals surface area (Å²) in [5.74, 6) is 1.02. The second-order valence-electron chi connectivity index (χ2n) is 6.20. The summed E-state index contributed by atoms with van der Waals surface area (Å²) in [4.78, 5) is 2.71. The molecule has 110 valence electrons. The molecule has 1 aromatic carbocycles. The second-order valence-corrected chi connectivity index (χ2v) is 6.20. The molecule has 2 fully saturated rings. The zero-order valence-electron chi connectivity index (χ0n) is 12.5. The van der Waals surface area contributed by atoms with Crippen molar-refractivity contribution in [3.8, 4) is 5.75 Å². The highest BCUT2D eigenvalue weighted by Crippen LogP contribution is 2.36. The number of nitrogens with zero attached hydrogens (tertiary/aromatic N) is 1. The number of piperazine rings is 1. The van der Waals surface area contributed by atoms with E-state index in [9.17, 15) is 0 Å². The Hall–Kier alpha value is -1.06. The van der Waals surface area contributed by atoms with Gasteiger partial charge in [-0.25, -0.2) is 0 Å². The Balaban J connectivity index is 1.80. The Morgan fingerprint density at radius 1 is 1.20 bits per heavy atom. The average Bonchev–Trinajstić information content (AvgIpc) is 2.51. The van der Waals surface area contributed by atoms with E-state index in [-0.39, 0.29) is 0 Å². The minimum atomic E-state index is 0.386. The van der Waals surface area contributed by atoms with Gasteiger partial charge in [0, 0.05) is 37.3 Å². The molecule has 0 unspecified atom stereocenters. The molecule has 1 saturated heterocycles. The number of para-hydroxylation sites is 1. The van der Waals surface area contributed by atoms with Crippen molar-refractivity contribution >= 4 is 0 Å². The van der Waals surface area contributed by atoms with Gasteiger partial charge in [0.25, 0.3) is 0 Å². The van der Waals surface area contributed by atoms with Crippen molar-refractivity contribution in [1.29, 1.82) is 0 Å². The lowest BCUT2D eigenvalue weighted by Crippen LogP contribution is -2.61. The molecule has 0 atom stereocenters. The summed E-state index contributed by atoms with van der Waals surface area (Å²) in [6.45, 7) is 4.43. The predicted octanol–water partition coefficient (Wildman–Crippen LogP) is 2.80. The molecule has 1 aliphatic carbocycles. The van der Waals surface area contributed by atoms with Crippen LogP contribution >= 0.6 is 0 Å². The highest BCUT2D eigenvalue weighted by Gasteiger charge is 2.39. The van der Waals surface area contributed by atoms with Crippen LogP contribution in [0.25, 0.3) is 0 Å². The fourth-order valence-corrected chi connectivity index (χ4v) is 3.87. The van der Waals surface area contributed by atoms with Crippen molar-refractivity contribution in [2.24, 2.45) is 0 Å². The van der Waals surface area contributed by atoms with E-state index in [1.165, 1.54) is 37.7 Å². The summed E-state index contributed by atoms with van der Waals surface area (Å²) in [6, 6.07) is 8.45. The molecule has 0 aromatic heterocycles. The SMILES string of the molecule is COc1ccccc1CN1CCNCC12CCCCC2. The summed E-state index contributed by atoms with van der Waals surface area (Å²) in [5, 5.41) is 3.62. The van der Waals surface area contributed by atoms with Crippen LogP contribution < -0.4 is 10.1 Å². The van der Waals surface area contributed by atoms with Gasteiger partial charge < -0.3 is 10.1 Å². The van der Waals surface area contributed by atoms with E-state index in [2.05, 4.69) is 34.5 Å². The van der Waals surface area contributed by atoms with E-state index in [4.69, 9.17) is 4.74 Å². The van der Waals surface area contributed by atoms with E-state index in [0.717, 1.165) is 31.9 Å². The molecule has 1 heterocycles. The molecule has 3 heteroatoms. The fourth-order valence-electron chi connectivity index (χ4n) is 3.87. The molecule has 3 rings (SSSR count). The number of benzene rings is 1. The van der Waals surface area contributed by atoms with Crippen LogP contribution in [-0.4, -0.2) is 37.2 Å². The van der Waals surface area contributed by atoms with Crippen LogP contribution in [0.3, 0.4) is 0 Å². The summed E-state index contributed by atoms with van der Waals surface area (Å²) in [7, 11) is 1.77. The van der Waals surface area contributed by atoms with E-state index in [1.807, 2.05) is 0 Å². The summed E-state index contributed by atoms with van der Waals surface area (Å²) >= 11 is 0. The average molecular weight is 274 g/mol. The summed E-state index contributed by atoms with van der Waals surface area (Å²) in [6.07, 6.45) is 6.85. The van der Waals surface area contributed by atoms with Crippen molar-refractivity contribution in [3.05, 3.63) is 29.8 Å². The van der Waals surface area contributed by atoms with Crippen LogP contribution in [0, 0.1) is 0 Å². The third-order valence-corrected chi connectivity index (χ3v) is 5.02. The normalized spacial score (nSPS) is 22.9. The van der Waals surface area contributed by atoms with Gasteiger partial charge in [-0.2, -0.15) is 0 Å². The maximum Gasteiger partial charge on any atom is 0.123 e. The van der Waals surface area contributed by atoms with Gasteiger partial charge in [-0.05, 0) is 18.9 Å². The fraction of sp³-hybridized carbons (Fsp3) is 0.647. The van der Waals surface area contributed by atoms with Gasteiger partial charge in [-0.3, -0.25) is 4.90 Å². The maximum atomic E-state index is 5.52. The Morgan fingerprint density at radius 2 is 2.00 bits per heavy atom. The minimum absolute atomic E-state index is 0.386. The maximum absolute atomic E-state index is 5.52. The molecule has 1 N–H and O–H groups in total. The third kappa shape index (κ3) is 2.70. The zero-order chi connectivity index (χ0) is 13.8. The molecule has 3 nitrogen and oxygen atoms in total. The van der Waals surface area contributed by atoms with Crippen LogP contribution in [-0.2, 0) is 6.54 Å². The van der Waals surface area contributed by atoms with Crippen LogP contribution in [0.1, 0.15) is 37.7 Å². The van der Waals surface area contributed by atoms with Gasteiger partial charge in [-0.15, -0.1) is 0 Å². The topological polar surface area (TPSA) is 24.5 Å². The van der Waals surface area contributed by atoms with Crippen LogP contribution in [0.5, 0.6) is 5.75 Å². The summed E-state index contributed by atoms with van der Waals surface area (Å²) in [5.41, 5.74) is 1.71. The highest BCUT2D eigenvalue weighted by atomic mass is 16.5. The van der Waals surface area contributed by atoms with Crippen molar-refractivity contribution in [3.63, 3.8) is 0 Å². The van der Waals surface area contributed by atoms with Crippen molar-refractivity contribution in [1.82, 2.24) is 10.2 Å². The second kappa shape index (κ2) is 6.15. The van der Waals surface area contributed by atoms with Gasteiger partial charge in [0.1, 0.15) is 5.75 Å². The molecular weight excluding hydrogens is 248 g/mol. The lowest BCUT2D eigenvalue weighted by molar-refractivity contribution is 0.0204. The smallest absolute Gasteiger partial charge is 0.123 e. The number of rotatable bonds is 3. The molecular formula is C17H26N2O. The Bertz CT molecular complexity index is 432. The lowest BCUT2D eigenvalue weighted by atomic mass is 9.79. The van der Waals surface area contributed by atoms with E-state index >= 15 is 0 Å². The molecule has 0 amide bonds. The Morgan fingerprint density at radius 3 is 2.80 bits per heavy atom. The molecule has 0 bridgehead atoms. The minimum Gasteiger partial charge on any atom is -0.496 e. The molecule has 0 radical (unpaired) electrons. The molecule has 1 aromatic rings. The monoisotopic (exact) mass is 274 g/mol. The van der Waals surface area contributed by atoms with Gasteiger partial charge in [0.15, 0.2) is 0 Å². The van der Waals surface area contributed by atoms with Crippen LogP contribution in [0.4, 0.5) is 0 Å². The van der Waals surface area contributed by atoms with Crippen LogP contribution in [0.15, 0.2) is 24.3 Å². The molecule has 2 aliphatic rings. The largest absolute Gasteiger partial charge is 0.496 e. The Kier molecular flexibility index (Phi) is 4.27. The molecule has 1 saturated carbocycles. The first-order valence-electron chi connectivity index (χ1n) is 7.92. The van der Waals surface area contributed by atoms with Crippen molar-refractivity contribution in [2.45, 2.75) is 44.2 Å². The lowest BCUT2D eigenvalue weighted by Gasteiger charge is -2.50. The highest BCUT2D eigenvalue weighted by molar-refractivity contribution is 5.33. The molecule has 1 aliphatic heterocycles. The number of hydrogen-bond donors (Lipinski definition) is 1. The number of nitrogens with one attached hydrogen (secondary N) is 1. The first kappa shape index (κ1) is 13.9. The predicted molar refractivity (Wildman–Crippen MR) is 82.1 cm³/mol. The summed E-state index contributed by atoms with van der Waals surface area (Å²) < 4.78 is 5.52. The third-order valence-electron chi connectivity index (χ3n) is 5.02. The van der Waals surface area contributed by atoms with Gasteiger partial charge >= 0.3 is 0 Å². The van der Waals surface area contributed by atoms with Crippen LogP contribution in [0.2, 0.25) is 0 Å². The molecule has 20 heavy (non-hydrogen) atoms. The van der Waals surface area contributed by atoms with E-state index in [0.29, 0.717) is 5.54 Å². The number of ether oxygens (including phenoxy) is 1. The van der Waals surface area contributed by atoms with Crippen molar-refractivity contribution in [2.75, 3.05) is 26.7 Å². The number of hydrogen-bond acceptors (Lipinski definition) is 3. The Labute approximate surface area is 122 Å². The quantitative estimate of drug-likeness (QED) is 0.917. The standard InChI is InChI=1S/C17H26N2O/c1-20-16-8-4-3-7-15(16)13-19-12-11-18-14-17(19)9-5-2-6-10-17/h3-4,7-8,18H,2,5-6,9-14H2,1H3. The molecule has 1 spiro atoms. The van der Waals surface area contributed by atoms with E-state index in [1.54, 1.807) is 7.11 Å². The van der Waals surface area contributed by atoms with Gasteiger partial charge in [0.05, 0.1) is 7.11 Å². The van der Waals surface area contributed by atoms with Gasteiger partial charge in [-0.1, -0.05) is 37.5 Å².